The van der Waals surface area contributed by atoms with Crippen LogP contribution in [0.1, 0.15) is 40.3 Å². The summed E-state index contributed by atoms with van der Waals surface area (Å²) in [5.41, 5.74) is 6.08. The van der Waals surface area contributed by atoms with Crippen molar-refractivity contribution in [3.63, 3.8) is 0 Å². The molecular formula is C26H32N6OS. The van der Waals surface area contributed by atoms with E-state index in [4.69, 9.17) is 21.9 Å². The highest BCUT2D eigenvalue weighted by atomic mass is 32.1. The van der Waals surface area contributed by atoms with Gasteiger partial charge in [-0.25, -0.2) is 0 Å². The Labute approximate surface area is 206 Å². The van der Waals surface area contributed by atoms with Gasteiger partial charge in [-0.3, -0.25) is 14.9 Å². The van der Waals surface area contributed by atoms with E-state index < -0.39 is 0 Å². The zero-order valence-electron chi connectivity index (χ0n) is 19.9. The van der Waals surface area contributed by atoms with Crippen LogP contribution in [0.2, 0.25) is 0 Å². The second kappa shape index (κ2) is 10.2. The van der Waals surface area contributed by atoms with Crippen LogP contribution in [-0.2, 0) is 11.3 Å². The number of ether oxygens (including phenoxy) is 1. The molecule has 0 radical (unpaired) electrons. The lowest BCUT2D eigenvalue weighted by Gasteiger charge is -2.32. The van der Waals surface area contributed by atoms with Crippen LogP contribution >= 0.6 is 12.2 Å². The zero-order chi connectivity index (χ0) is 23.5. The lowest BCUT2D eigenvalue weighted by atomic mass is 9.96. The first-order valence-electron chi connectivity index (χ1n) is 12.0. The average molecular weight is 477 g/mol. The third kappa shape index (κ3) is 4.71. The molecule has 1 N–H and O–H groups in total. The number of hydrogen-bond acceptors (Lipinski definition) is 5. The van der Waals surface area contributed by atoms with Crippen molar-refractivity contribution in [1.82, 2.24) is 29.7 Å². The summed E-state index contributed by atoms with van der Waals surface area (Å²) in [6.07, 6.45) is 5.57. The minimum atomic E-state index is 0.00765. The molecule has 3 aromatic rings. The summed E-state index contributed by atoms with van der Waals surface area (Å²) in [7, 11) is 0. The molecule has 2 aliphatic rings. The van der Waals surface area contributed by atoms with Crippen molar-refractivity contribution in [2.45, 2.75) is 32.5 Å². The van der Waals surface area contributed by atoms with Gasteiger partial charge in [-0.05, 0) is 67.5 Å². The summed E-state index contributed by atoms with van der Waals surface area (Å²) in [5.74, 6) is 0. The molecule has 5 rings (SSSR count). The molecule has 2 aliphatic heterocycles. The van der Waals surface area contributed by atoms with Gasteiger partial charge in [0.2, 0.25) is 0 Å². The van der Waals surface area contributed by atoms with Gasteiger partial charge in [-0.15, -0.1) is 0 Å². The summed E-state index contributed by atoms with van der Waals surface area (Å²) < 4.78 is 7.92. The second-order valence-corrected chi connectivity index (χ2v) is 9.43. The summed E-state index contributed by atoms with van der Waals surface area (Å²) in [5, 5.41) is 4.40. The second-order valence-electron chi connectivity index (χ2n) is 9.04. The molecule has 0 saturated carbocycles. The Morgan fingerprint density at radius 1 is 1.06 bits per heavy atom. The lowest BCUT2D eigenvalue weighted by molar-refractivity contribution is 0.0350. The van der Waals surface area contributed by atoms with Crippen LogP contribution in [0, 0.1) is 13.8 Å². The minimum Gasteiger partial charge on any atom is -0.379 e. The Hall–Kier alpha value is -2.81. The predicted molar refractivity (Wildman–Crippen MR) is 137 cm³/mol. The third-order valence-electron chi connectivity index (χ3n) is 6.98. The molecule has 7 nitrogen and oxygen atoms in total. The smallest absolute Gasteiger partial charge is 0.170 e. The van der Waals surface area contributed by atoms with Gasteiger partial charge >= 0.3 is 0 Å². The van der Waals surface area contributed by atoms with Gasteiger partial charge in [-0.2, -0.15) is 0 Å². The van der Waals surface area contributed by atoms with Crippen LogP contribution in [0.4, 0.5) is 0 Å². The number of rotatable bonds is 7. The summed E-state index contributed by atoms with van der Waals surface area (Å²) in [4.78, 5) is 13.7. The van der Waals surface area contributed by atoms with E-state index in [1.165, 1.54) is 22.5 Å². The van der Waals surface area contributed by atoms with Gasteiger partial charge in [-0.1, -0.05) is 6.07 Å². The van der Waals surface area contributed by atoms with Crippen molar-refractivity contribution in [2.75, 3.05) is 39.4 Å². The highest BCUT2D eigenvalue weighted by Crippen LogP contribution is 2.40. The highest BCUT2D eigenvalue weighted by molar-refractivity contribution is 7.80. The fourth-order valence-electron chi connectivity index (χ4n) is 5.10. The van der Waals surface area contributed by atoms with Crippen LogP contribution < -0.4 is 5.32 Å². The first-order chi connectivity index (χ1) is 16.6. The topological polar surface area (TPSA) is 58.5 Å². The van der Waals surface area contributed by atoms with Crippen LogP contribution in [0.5, 0.6) is 0 Å². The van der Waals surface area contributed by atoms with E-state index in [1.54, 1.807) is 0 Å². The van der Waals surface area contributed by atoms with E-state index in [0.29, 0.717) is 0 Å². The van der Waals surface area contributed by atoms with Gasteiger partial charge in [0, 0.05) is 62.7 Å². The van der Waals surface area contributed by atoms with Crippen molar-refractivity contribution in [3.05, 3.63) is 83.2 Å². The molecule has 0 amide bonds. The molecule has 2 fully saturated rings. The number of hydrogen-bond donors (Lipinski definition) is 1. The van der Waals surface area contributed by atoms with E-state index >= 15 is 0 Å². The van der Waals surface area contributed by atoms with E-state index in [1.807, 2.05) is 30.7 Å². The third-order valence-corrected chi connectivity index (χ3v) is 7.33. The number of morpholine rings is 1. The van der Waals surface area contributed by atoms with E-state index in [0.717, 1.165) is 56.7 Å². The molecule has 8 heteroatoms. The van der Waals surface area contributed by atoms with Crippen molar-refractivity contribution in [1.29, 1.82) is 0 Å². The molecule has 178 valence electrons. The molecule has 0 aliphatic carbocycles. The SMILES string of the molecule is Cc1cc(C2C(c3ccccn3)NC(=S)N2CCN2CCOCC2)c(C)n1Cc1ccncc1. The predicted octanol–water partition coefficient (Wildman–Crippen LogP) is 3.25. The molecule has 34 heavy (non-hydrogen) atoms. The van der Waals surface area contributed by atoms with Crippen molar-refractivity contribution in [3.8, 4) is 0 Å². The van der Waals surface area contributed by atoms with Crippen molar-refractivity contribution in [2.24, 2.45) is 0 Å². The van der Waals surface area contributed by atoms with E-state index in [-0.39, 0.29) is 12.1 Å². The van der Waals surface area contributed by atoms with Crippen LogP contribution in [0.15, 0.2) is 55.0 Å². The number of thiocarbonyl (C=S) groups is 1. The maximum Gasteiger partial charge on any atom is 0.170 e. The van der Waals surface area contributed by atoms with Crippen LogP contribution in [0.3, 0.4) is 0 Å². The van der Waals surface area contributed by atoms with Gasteiger partial charge in [0.1, 0.15) is 0 Å². The molecule has 3 aromatic heterocycles. The monoisotopic (exact) mass is 476 g/mol. The molecule has 5 heterocycles. The zero-order valence-corrected chi connectivity index (χ0v) is 20.7. The van der Waals surface area contributed by atoms with Gasteiger partial charge < -0.3 is 19.5 Å². The van der Waals surface area contributed by atoms with Crippen molar-refractivity contribution < 1.29 is 4.74 Å². The van der Waals surface area contributed by atoms with Gasteiger partial charge in [0.25, 0.3) is 0 Å². The summed E-state index contributed by atoms with van der Waals surface area (Å²) >= 11 is 5.88. The molecule has 2 unspecified atom stereocenters. The fourth-order valence-corrected chi connectivity index (χ4v) is 5.43. The molecule has 2 atom stereocenters. The maximum absolute atomic E-state index is 5.88. The molecule has 0 spiro atoms. The summed E-state index contributed by atoms with van der Waals surface area (Å²) in [6.45, 7) is 10.6. The fraction of sp³-hybridized carbons (Fsp3) is 0.423. The Morgan fingerprint density at radius 3 is 2.59 bits per heavy atom. The van der Waals surface area contributed by atoms with Gasteiger partial charge in [0.05, 0.1) is 31.0 Å². The van der Waals surface area contributed by atoms with Crippen LogP contribution in [-0.4, -0.2) is 68.8 Å². The van der Waals surface area contributed by atoms with Gasteiger partial charge in [0.15, 0.2) is 5.11 Å². The standard InChI is InChI=1S/C26H32N6OS/c1-19-17-22(20(2)32(19)18-21-6-9-27-10-7-21)25-24(23-5-3-4-8-28-23)29-26(34)31(25)12-11-30-13-15-33-16-14-30/h3-10,17,24-25H,11-16,18H2,1-2H3,(H,29,34). The molecule has 0 bridgehead atoms. The first-order valence-corrected chi connectivity index (χ1v) is 12.4. The number of pyridine rings is 2. The molecule has 0 aromatic carbocycles. The van der Waals surface area contributed by atoms with Crippen LogP contribution in [0.25, 0.3) is 0 Å². The molecular weight excluding hydrogens is 444 g/mol. The Morgan fingerprint density at radius 2 is 1.85 bits per heavy atom. The quantitative estimate of drug-likeness (QED) is 0.526. The van der Waals surface area contributed by atoms with Crippen molar-refractivity contribution >= 4 is 17.3 Å². The largest absolute Gasteiger partial charge is 0.379 e. The Balaban J connectivity index is 1.47. The minimum absolute atomic E-state index is 0.00765. The van der Waals surface area contributed by atoms with E-state index in [2.05, 4.69) is 62.8 Å². The summed E-state index contributed by atoms with van der Waals surface area (Å²) in [6, 6.07) is 12.7. The number of aromatic nitrogens is 3. The first kappa shape index (κ1) is 23.0. The normalized spacial score (nSPS) is 21.1. The Bertz CT molecular complexity index is 1110. The Kier molecular flexibility index (Phi) is 6.89. The molecule has 2 saturated heterocycles. The van der Waals surface area contributed by atoms with E-state index in [9.17, 15) is 0 Å². The number of aryl methyl sites for hydroxylation is 1. The maximum atomic E-state index is 5.88. The number of nitrogens with zero attached hydrogens (tertiary/aromatic N) is 5. The number of nitrogens with one attached hydrogen (secondary N) is 1. The highest BCUT2D eigenvalue weighted by Gasteiger charge is 2.41. The lowest BCUT2D eigenvalue weighted by Crippen LogP contribution is -2.42. The average Bonchev–Trinajstić information content (AvgIpc) is 3.35.